The lowest BCUT2D eigenvalue weighted by Gasteiger charge is -2.22. The van der Waals surface area contributed by atoms with Gasteiger partial charge in [-0.3, -0.25) is 0 Å². The Morgan fingerprint density at radius 2 is 2.22 bits per heavy atom. The first-order valence-electron chi connectivity index (χ1n) is 7.01. The highest BCUT2D eigenvalue weighted by Gasteiger charge is 2.39. The maximum atomic E-state index is 6.10. The quantitative estimate of drug-likeness (QED) is 0.846. The van der Waals surface area contributed by atoms with Crippen molar-refractivity contribution < 1.29 is 0 Å². The molecule has 0 aliphatic heterocycles. The van der Waals surface area contributed by atoms with Crippen LogP contribution in [0.1, 0.15) is 38.2 Å². The fourth-order valence-corrected chi connectivity index (χ4v) is 3.98. The summed E-state index contributed by atoms with van der Waals surface area (Å²) in [6, 6.07) is 0. The average Bonchev–Trinajstić information content (AvgIpc) is 2.98. The number of nitrogens with one attached hydrogen (secondary N) is 1. The van der Waals surface area contributed by atoms with Crippen molar-refractivity contribution in [1.82, 2.24) is 9.97 Å². The lowest BCUT2D eigenvalue weighted by Crippen LogP contribution is -2.21. The molecule has 4 heteroatoms. The van der Waals surface area contributed by atoms with E-state index >= 15 is 0 Å². The Morgan fingerprint density at radius 1 is 1.33 bits per heavy atom. The van der Waals surface area contributed by atoms with Crippen LogP contribution in [0.15, 0.2) is 6.33 Å². The molecule has 2 fully saturated rings. The number of anilines is 1. The van der Waals surface area contributed by atoms with Crippen LogP contribution in [0.25, 0.3) is 0 Å². The van der Waals surface area contributed by atoms with Crippen LogP contribution >= 0.6 is 11.6 Å². The first-order valence-corrected chi connectivity index (χ1v) is 7.39. The van der Waals surface area contributed by atoms with Crippen LogP contribution in [0.5, 0.6) is 0 Å². The first kappa shape index (κ1) is 12.2. The van der Waals surface area contributed by atoms with Crippen LogP contribution in [0.3, 0.4) is 0 Å². The number of aromatic nitrogens is 2. The average molecular weight is 266 g/mol. The summed E-state index contributed by atoms with van der Waals surface area (Å²) in [5.74, 6) is 3.72. The molecule has 2 saturated carbocycles. The van der Waals surface area contributed by atoms with E-state index < -0.39 is 0 Å². The van der Waals surface area contributed by atoms with E-state index in [0.29, 0.717) is 5.15 Å². The van der Waals surface area contributed by atoms with E-state index in [1.54, 1.807) is 6.33 Å². The molecule has 18 heavy (non-hydrogen) atoms. The molecule has 0 aromatic carbocycles. The van der Waals surface area contributed by atoms with Crippen LogP contribution in [0.2, 0.25) is 5.15 Å². The number of nitrogens with zero attached hydrogens (tertiary/aromatic N) is 2. The number of halogens is 1. The van der Waals surface area contributed by atoms with Gasteiger partial charge in [0.25, 0.3) is 0 Å². The number of hydrogen-bond donors (Lipinski definition) is 1. The third-order valence-electron chi connectivity index (χ3n) is 4.66. The minimum atomic E-state index is 0.586. The fraction of sp³-hybridized carbons (Fsp3) is 0.714. The van der Waals surface area contributed by atoms with Crippen molar-refractivity contribution in [3.8, 4) is 0 Å². The summed E-state index contributed by atoms with van der Waals surface area (Å²) >= 11 is 6.10. The Kier molecular flexibility index (Phi) is 3.42. The fourth-order valence-electron chi connectivity index (χ4n) is 3.71. The van der Waals surface area contributed by atoms with E-state index in [9.17, 15) is 0 Å². The van der Waals surface area contributed by atoms with Gasteiger partial charge in [0.15, 0.2) is 0 Å². The van der Waals surface area contributed by atoms with Gasteiger partial charge in [-0.05, 0) is 43.4 Å². The molecule has 2 aliphatic rings. The van der Waals surface area contributed by atoms with Crippen molar-refractivity contribution in [3.05, 3.63) is 17.0 Å². The second-order valence-corrected chi connectivity index (χ2v) is 6.02. The van der Waals surface area contributed by atoms with Crippen molar-refractivity contribution in [2.45, 2.75) is 39.0 Å². The zero-order valence-electron chi connectivity index (χ0n) is 10.8. The van der Waals surface area contributed by atoms with Crippen LogP contribution in [-0.2, 0) is 6.42 Å². The summed E-state index contributed by atoms with van der Waals surface area (Å²) in [6.45, 7) is 3.13. The van der Waals surface area contributed by atoms with Crippen molar-refractivity contribution in [2.75, 3.05) is 11.9 Å². The highest BCUT2D eigenvalue weighted by molar-refractivity contribution is 6.30. The second-order valence-electron chi connectivity index (χ2n) is 5.66. The molecule has 1 aromatic heterocycles. The molecule has 3 atom stereocenters. The van der Waals surface area contributed by atoms with Crippen LogP contribution in [0, 0.1) is 17.8 Å². The van der Waals surface area contributed by atoms with Gasteiger partial charge in [-0.1, -0.05) is 24.9 Å². The third-order valence-corrected chi connectivity index (χ3v) is 4.99. The van der Waals surface area contributed by atoms with Crippen LogP contribution in [0.4, 0.5) is 5.82 Å². The summed E-state index contributed by atoms with van der Waals surface area (Å²) in [5.41, 5.74) is 1.04. The predicted molar refractivity (Wildman–Crippen MR) is 73.8 cm³/mol. The van der Waals surface area contributed by atoms with Gasteiger partial charge in [0.1, 0.15) is 17.3 Å². The smallest absolute Gasteiger partial charge is 0.137 e. The second kappa shape index (κ2) is 5.04. The van der Waals surface area contributed by atoms with Gasteiger partial charge in [0.05, 0.1) is 0 Å². The molecule has 1 aromatic rings. The number of rotatable bonds is 4. The molecule has 0 radical (unpaired) electrons. The van der Waals surface area contributed by atoms with Crippen LogP contribution < -0.4 is 5.32 Å². The Bertz CT molecular complexity index is 435. The topological polar surface area (TPSA) is 37.8 Å². The van der Waals surface area contributed by atoms with Gasteiger partial charge in [-0.25, -0.2) is 9.97 Å². The Hall–Kier alpha value is -0.830. The Balaban J connectivity index is 1.65. The molecule has 1 N–H and O–H groups in total. The van der Waals surface area contributed by atoms with Gasteiger partial charge in [-0.15, -0.1) is 0 Å². The maximum Gasteiger partial charge on any atom is 0.137 e. The largest absolute Gasteiger partial charge is 0.369 e. The molecule has 1 heterocycles. The lowest BCUT2D eigenvalue weighted by molar-refractivity contribution is 0.348. The summed E-state index contributed by atoms with van der Waals surface area (Å²) in [4.78, 5) is 8.37. The zero-order valence-corrected chi connectivity index (χ0v) is 11.6. The van der Waals surface area contributed by atoms with Crippen molar-refractivity contribution >= 4 is 17.4 Å². The monoisotopic (exact) mass is 265 g/mol. The minimum Gasteiger partial charge on any atom is -0.369 e. The zero-order chi connectivity index (χ0) is 12.5. The SMILES string of the molecule is CCc1c(Cl)ncnc1NCC1CC2CCC1C2. The summed E-state index contributed by atoms with van der Waals surface area (Å²) in [5, 5.41) is 4.08. The van der Waals surface area contributed by atoms with Crippen molar-refractivity contribution in [3.63, 3.8) is 0 Å². The molecule has 3 rings (SSSR count). The summed E-state index contributed by atoms with van der Waals surface area (Å²) in [7, 11) is 0. The normalized spacial score (nSPS) is 29.8. The highest BCUT2D eigenvalue weighted by Crippen LogP contribution is 2.48. The molecule has 0 amide bonds. The Morgan fingerprint density at radius 3 is 2.89 bits per heavy atom. The van der Waals surface area contributed by atoms with E-state index in [1.165, 1.54) is 25.7 Å². The number of hydrogen-bond acceptors (Lipinski definition) is 3. The number of fused-ring (bicyclic) bond motifs is 2. The molecule has 2 aliphatic carbocycles. The molecule has 3 unspecified atom stereocenters. The van der Waals surface area contributed by atoms with E-state index in [1.807, 2.05) is 0 Å². The molecule has 2 bridgehead atoms. The van der Waals surface area contributed by atoms with E-state index in [4.69, 9.17) is 11.6 Å². The van der Waals surface area contributed by atoms with E-state index in [-0.39, 0.29) is 0 Å². The molecule has 3 nitrogen and oxygen atoms in total. The molecule has 0 saturated heterocycles. The van der Waals surface area contributed by atoms with Crippen molar-refractivity contribution in [1.29, 1.82) is 0 Å². The van der Waals surface area contributed by atoms with E-state index in [0.717, 1.165) is 42.1 Å². The van der Waals surface area contributed by atoms with Gasteiger partial charge in [0, 0.05) is 12.1 Å². The predicted octanol–water partition coefficient (Wildman–Crippen LogP) is 3.54. The van der Waals surface area contributed by atoms with E-state index in [2.05, 4.69) is 22.2 Å². The van der Waals surface area contributed by atoms with Gasteiger partial charge in [-0.2, -0.15) is 0 Å². The summed E-state index contributed by atoms with van der Waals surface area (Å²) < 4.78 is 0. The molecule has 98 valence electrons. The molecule has 0 spiro atoms. The first-order chi connectivity index (χ1) is 8.78. The summed E-state index contributed by atoms with van der Waals surface area (Å²) in [6.07, 6.45) is 8.17. The minimum absolute atomic E-state index is 0.586. The van der Waals surface area contributed by atoms with Gasteiger partial charge >= 0.3 is 0 Å². The van der Waals surface area contributed by atoms with Crippen molar-refractivity contribution in [2.24, 2.45) is 17.8 Å². The molecular formula is C14H20ClN3. The van der Waals surface area contributed by atoms with Crippen LogP contribution in [-0.4, -0.2) is 16.5 Å². The maximum absolute atomic E-state index is 6.10. The Labute approximate surface area is 113 Å². The third kappa shape index (κ3) is 2.20. The van der Waals surface area contributed by atoms with Gasteiger partial charge in [0.2, 0.25) is 0 Å². The highest BCUT2D eigenvalue weighted by atomic mass is 35.5. The standard InChI is InChI=1S/C14H20ClN3/c1-2-12-13(15)17-8-18-14(12)16-7-11-6-9-3-4-10(11)5-9/h8-11H,2-7H2,1H3,(H,16,17,18). The lowest BCUT2D eigenvalue weighted by atomic mass is 9.89. The van der Waals surface area contributed by atoms with Gasteiger partial charge < -0.3 is 5.32 Å². The molecular weight excluding hydrogens is 246 g/mol.